The molecule has 1 aromatic rings. The van der Waals surface area contributed by atoms with Gasteiger partial charge in [0.2, 0.25) is 0 Å². The molecule has 0 unspecified atom stereocenters. The highest BCUT2D eigenvalue weighted by Crippen LogP contribution is 2.17. The van der Waals surface area contributed by atoms with E-state index in [2.05, 4.69) is 9.97 Å². The molecule has 82 valence electrons. The van der Waals surface area contributed by atoms with E-state index in [0.717, 1.165) is 0 Å². The Morgan fingerprint density at radius 2 is 2.13 bits per heavy atom. The van der Waals surface area contributed by atoms with Gasteiger partial charge in [-0.3, -0.25) is 0 Å². The third-order valence-electron chi connectivity index (χ3n) is 2.23. The lowest BCUT2D eigenvalue weighted by Gasteiger charge is -2.23. The first-order chi connectivity index (χ1) is 6.93. The first-order valence-electron chi connectivity index (χ1n) is 4.73. The van der Waals surface area contributed by atoms with Gasteiger partial charge in [0.05, 0.1) is 0 Å². The highest BCUT2D eigenvalue weighted by molar-refractivity contribution is 5.92. The molecule has 1 rings (SSSR count). The Balaban J connectivity index is 3.24. The molecular formula is C10H15N3O2. The van der Waals surface area contributed by atoms with Crippen molar-refractivity contribution in [2.45, 2.75) is 26.8 Å². The molecule has 5 heteroatoms. The van der Waals surface area contributed by atoms with Crippen molar-refractivity contribution in [2.24, 2.45) is 0 Å². The fourth-order valence-electron chi connectivity index (χ4n) is 1.12. The number of carboxylic acids is 1. The van der Waals surface area contributed by atoms with Crippen LogP contribution in [0.15, 0.2) is 6.20 Å². The van der Waals surface area contributed by atoms with Gasteiger partial charge in [0, 0.05) is 19.3 Å². The Bertz CT molecular complexity index is 377. The molecule has 1 heterocycles. The molecule has 0 aliphatic carbocycles. The fourth-order valence-corrected chi connectivity index (χ4v) is 1.12. The smallest absolute Gasteiger partial charge is 0.341 e. The van der Waals surface area contributed by atoms with Crippen molar-refractivity contribution < 1.29 is 9.90 Å². The van der Waals surface area contributed by atoms with Crippen molar-refractivity contribution in [1.29, 1.82) is 0 Å². The first-order valence-corrected chi connectivity index (χ1v) is 4.73. The minimum atomic E-state index is -1.00. The Hall–Kier alpha value is -1.65. The number of aromatic carboxylic acids is 1. The van der Waals surface area contributed by atoms with Crippen LogP contribution in [0.1, 0.15) is 30.0 Å². The molecule has 5 nitrogen and oxygen atoms in total. The van der Waals surface area contributed by atoms with Gasteiger partial charge >= 0.3 is 5.97 Å². The Labute approximate surface area is 88.8 Å². The fraction of sp³-hybridized carbons (Fsp3) is 0.500. The number of nitrogens with zero attached hydrogens (tertiary/aromatic N) is 3. The molecule has 0 radical (unpaired) electrons. The van der Waals surface area contributed by atoms with Crippen LogP contribution < -0.4 is 4.90 Å². The second kappa shape index (κ2) is 4.25. The quantitative estimate of drug-likeness (QED) is 0.813. The third-order valence-corrected chi connectivity index (χ3v) is 2.23. The largest absolute Gasteiger partial charge is 0.477 e. The summed E-state index contributed by atoms with van der Waals surface area (Å²) in [4.78, 5) is 20.8. The van der Waals surface area contributed by atoms with E-state index < -0.39 is 5.97 Å². The van der Waals surface area contributed by atoms with Crippen molar-refractivity contribution in [3.05, 3.63) is 17.6 Å². The van der Waals surface area contributed by atoms with Crippen LogP contribution in [0.2, 0.25) is 0 Å². The molecule has 0 spiro atoms. The van der Waals surface area contributed by atoms with E-state index in [9.17, 15) is 4.79 Å². The average molecular weight is 209 g/mol. The molecule has 0 fully saturated rings. The van der Waals surface area contributed by atoms with Crippen molar-refractivity contribution in [3.63, 3.8) is 0 Å². The summed E-state index contributed by atoms with van der Waals surface area (Å²) >= 11 is 0. The molecule has 0 saturated carbocycles. The minimum absolute atomic E-state index is 0.136. The lowest BCUT2D eigenvalue weighted by molar-refractivity contribution is 0.0696. The molecular weight excluding hydrogens is 194 g/mol. The summed E-state index contributed by atoms with van der Waals surface area (Å²) in [6, 6.07) is 0.192. The van der Waals surface area contributed by atoms with E-state index in [-0.39, 0.29) is 11.6 Å². The zero-order chi connectivity index (χ0) is 11.6. The van der Waals surface area contributed by atoms with Crippen LogP contribution in [0.3, 0.4) is 0 Å². The number of carboxylic acid groups (broad SMARTS) is 1. The number of hydrogen-bond acceptors (Lipinski definition) is 4. The topological polar surface area (TPSA) is 66.3 Å². The summed E-state index contributed by atoms with van der Waals surface area (Å²) < 4.78 is 0. The van der Waals surface area contributed by atoms with Gasteiger partial charge in [0.25, 0.3) is 0 Å². The SMILES string of the molecule is Cc1ncc(C(=O)O)c(N(C)C(C)C)n1. The predicted octanol–water partition coefficient (Wildman–Crippen LogP) is 1.33. The maximum atomic E-state index is 11.0. The average Bonchev–Trinajstić information content (AvgIpc) is 2.15. The van der Waals surface area contributed by atoms with E-state index in [1.807, 2.05) is 25.8 Å². The summed E-state index contributed by atoms with van der Waals surface area (Å²) in [5.74, 6) is 0.0324. The van der Waals surface area contributed by atoms with Crippen LogP contribution in [0.25, 0.3) is 0 Å². The molecule has 1 aromatic heterocycles. The van der Waals surface area contributed by atoms with Crippen LogP contribution in [0.5, 0.6) is 0 Å². The molecule has 1 N–H and O–H groups in total. The Morgan fingerprint density at radius 3 is 2.60 bits per heavy atom. The van der Waals surface area contributed by atoms with Crippen molar-refractivity contribution in [2.75, 3.05) is 11.9 Å². The van der Waals surface area contributed by atoms with Gasteiger partial charge < -0.3 is 10.0 Å². The maximum Gasteiger partial charge on any atom is 0.341 e. The summed E-state index contributed by atoms with van der Waals surface area (Å²) in [7, 11) is 1.82. The lowest BCUT2D eigenvalue weighted by Crippen LogP contribution is -2.29. The monoisotopic (exact) mass is 209 g/mol. The predicted molar refractivity (Wildman–Crippen MR) is 57.3 cm³/mol. The number of aryl methyl sites for hydroxylation is 1. The normalized spacial score (nSPS) is 10.5. The molecule has 0 aliphatic rings. The number of anilines is 1. The number of hydrogen-bond donors (Lipinski definition) is 1. The van der Waals surface area contributed by atoms with Crippen LogP contribution in [0.4, 0.5) is 5.82 Å². The molecule has 0 aliphatic heterocycles. The van der Waals surface area contributed by atoms with E-state index in [4.69, 9.17) is 5.11 Å². The highest BCUT2D eigenvalue weighted by atomic mass is 16.4. The van der Waals surface area contributed by atoms with Crippen molar-refractivity contribution in [3.8, 4) is 0 Å². The second-order valence-electron chi connectivity index (χ2n) is 3.66. The molecule has 0 aromatic carbocycles. The molecule has 15 heavy (non-hydrogen) atoms. The number of aromatic nitrogens is 2. The van der Waals surface area contributed by atoms with Gasteiger partial charge in [-0.05, 0) is 20.8 Å². The first kappa shape index (κ1) is 11.4. The van der Waals surface area contributed by atoms with E-state index >= 15 is 0 Å². The van der Waals surface area contributed by atoms with Crippen LogP contribution in [-0.2, 0) is 0 Å². The standard InChI is InChI=1S/C10H15N3O2/c1-6(2)13(4)9-8(10(14)15)5-11-7(3)12-9/h5-6H,1-4H3,(H,14,15). The lowest BCUT2D eigenvalue weighted by atomic mass is 10.2. The summed E-state index contributed by atoms with van der Waals surface area (Å²) in [6.07, 6.45) is 1.35. The van der Waals surface area contributed by atoms with Crippen LogP contribution >= 0.6 is 0 Å². The zero-order valence-corrected chi connectivity index (χ0v) is 9.35. The van der Waals surface area contributed by atoms with Gasteiger partial charge in [-0.2, -0.15) is 0 Å². The van der Waals surface area contributed by atoms with Gasteiger partial charge in [-0.25, -0.2) is 14.8 Å². The Morgan fingerprint density at radius 1 is 1.53 bits per heavy atom. The van der Waals surface area contributed by atoms with Gasteiger partial charge in [-0.1, -0.05) is 0 Å². The van der Waals surface area contributed by atoms with E-state index in [1.165, 1.54) is 6.20 Å². The highest BCUT2D eigenvalue weighted by Gasteiger charge is 2.17. The van der Waals surface area contributed by atoms with E-state index in [1.54, 1.807) is 6.92 Å². The zero-order valence-electron chi connectivity index (χ0n) is 9.35. The summed E-state index contributed by atoms with van der Waals surface area (Å²) in [6.45, 7) is 5.69. The molecule has 0 amide bonds. The summed E-state index contributed by atoms with van der Waals surface area (Å²) in [5, 5.41) is 8.98. The Kier molecular flexibility index (Phi) is 3.24. The molecule has 0 atom stereocenters. The van der Waals surface area contributed by atoms with Crippen molar-refractivity contribution in [1.82, 2.24) is 9.97 Å². The summed E-state index contributed by atoms with van der Waals surface area (Å²) in [5.41, 5.74) is 0.136. The van der Waals surface area contributed by atoms with Gasteiger partial charge in [0.15, 0.2) is 0 Å². The van der Waals surface area contributed by atoms with E-state index in [0.29, 0.717) is 11.6 Å². The number of rotatable bonds is 3. The van der Waals surface area contributed by atoms with Crippen LogP contribution in [-0.4, -0.2) is 34.1 Å². The van der Waals surface area contributed by atoms with Gasteiger partial charge in [-0.15, -0.1) is 0 Å². The van der Waals surface area contributed by atoms with Crippen molar-refractivity contribution >= 4 is 11.8 Å². The van der Waals surface area contributed by atoms with Gasteiger partial charge in [0.1, 0.15) is 17.2 Å². The number of carbonyl (C=O) groups is 1. The third kappa shape index (κ3) is 2.43. The van der Waals surface area contributed by atoms with Crippen LogP contribution in [0, 0.1) is 6.92 Å². The minimum Gasteiger partial charge on any atom is -0.477 e. The maximum absolute atomic E-state index is 11.0. The molecule has 0 bridgehead atoms. The molecule has 0 saturated heterocycles. The second-order valence-corrected chi connectivity index (χ2v) is 3.66.